The molecule has 1 aliphatic heterocycles. The predicted molar refractivity (Wildman–Crippen MR) is 60.1 cm³/mol. The summed E-state index contributed by atoms with van der Waals surface area (Å²) in [7, 11) is 0. The Morgan fingerprint density at radius 3 is 2.67 bits per heavy atom. The molecule has 0 aromatic carbocycles. The highest BCUT2D eigenvalue weighted by Crippen LogP contribution is 2.37. The number of rotatable bonds is 2. The van der Waals surface area contributed by atoms with Crippen molar-refractivity contribution in [3.63, 3.8) is 0 Å². The fraction of sp³-hybridized carbons (Fsp3) is 0.545. The molecule has 0 amide bonds. The summed E-state index contributed by atoms with van der Waals surface area (Å²) in [5, 5.41) is 9.86. The number of hydrogen-bond donors (Lipinski definition) is 1. The lowest BCUT2D eigenvalue weighted by atomic mass is 10.0. The van der Waals surface area contributed by atoms with Crippen molar-refractivity contribution in [1.29, 1.82) is 0 Å². The van der Waals surface area contributed by atoms with Crippen LogP contribution in [0.15, 0.2) is 18.3 Å². The molecule has 18 heavy (non-hydrogen) atoms. The molecule has 1 aliphatic rings. The smallest absolute Gasteiger partial charge is 0.379 e. The second-order valence-electron chi connectivity index (χ2n) is 4.48. The molecule has 100 valence electrons. The minimum Gasteiger partial charge on any atom is -0.379 e. The molecule has 1 aromatic rings. The van der Waals surface area contributed by atoms with Crippen LogP contribution in [0.2, 0.25) is 5.15 Å². The Bertz CT molecular complexity index is 423. The number of aromatic nitrogens is 1. The molecule has 1 aromatic heterocycles. The average molecular weight is 281 g/mol. The topological polar surface area (TPSA) is 36.4 Å². The van der Waals surface area contributed by atoms with E-state index in [9.17, 15) is 18.3 Å². The molecular formula is C11H12ClF3N2O. The van der Waals surface area contributed by atoms with Crippen molar-refractivity contribution in [3.05, 3.63) is 29.0 Å². The number of hydrogen-bond acceptors (Lipinski definition) is 3. The molecule has 0 saturated carbocycles. The third-order valence-corrected chi connectivity index (χ3v) is 3.27. The lowest BCUT2D eigenvalue weighted by molar-refractivity contribution is -0.254. The monoisotopic (exact) mass is 280 g/mol. The zero-order valence-corrected chi connectivity index (χ0v) is 10.2. The van der Waals surface area contributed by atoms with E-state index in [0.717, 1.165) is 5.56 Å². The number of alkyl halides is 3. The van der Waals surface area contributed by atoms with Gasteiger partial charge in [-0.15, -0.1) is 0 Å². The highest BCUT2D eigenvalue weighted by Gasteiger charge is 2.56. The van der Waals surface area contributed by atoms with Gasteiger partial charge in [-0.05, 0) is 18.1 Å². The van der Waals surface area contributed by atoms with E-state index in [1.807, 2.05) is 0 Å². The van der Waals surface area contributed by atoms with Crippen molar-refractivity contribution < 1.29 is 18.3 Å². The van der Waals surface area contributed by atoms with Crippen LogP contribution in [0.5, 0.6) is 0 Å². The quantitative estimate of drug-likeness (QED) is 0.844. The molecule has 3 nitrogen and oxygen atoms in total. The molecule has 1 saturated heterocycles. The molecule has 0 radical (unpaired) electrons. The predicted octanol–water partition coefficient (Wildman–Crippen LogP) is 2.23. The molecule has 7 heteroatoms. The maximum Gasteiger partial charge on any atom is 0.418 e. The summed E-state index contributed by atoms with van der Waals surface area (Å²) >= 11 is 5.62. The van der Waals surface area contributed by atoms with E-state index in [0.29, 0.717) is 11.7 Å². The summed E-state index contributed by atoms with van der Waals surface area (Å²) in [6, 6.07) is 3.29. The molecule has 1 N–H and O–H groups in total. The Hall–Kier alpha value is -0.850. The van der Waals surface area contributed by atoms with Gasteiger partial charge in [-0.3, -0.25) is 4.90 Å². The number of likely N-dealkylation sites (tertiary alicyclic amines) is 1. The van der Waals surface area contributed by atoms with Crippen LogP contribution in [-0.2, 0) is 6.54 Å². The number of β-amino-alcohol motifs (C(OH)–C–C–N with tert-alkyl or cyclic N) is 1. The van der Waals surface area contributed by atoms with E-state index >= 15 is 0 Å². The first-order valence-corrected chi connectivity index (χ1v) is 5.80. The summed E-state index contributed by atoms with van der Waals surface area (Å²) < 4.78 is 37.8. The van der Waals surface area contributed by atoms with Gasteiger partial charge in [0.2, 0.25) is 0 Å². The van der Waals surface area contributed by atoms with Crippen molar-refractivity contribution in [2.24, 2.45) is 0 Å². The third kappa shape index (κ3) is 2.76. The standard InChI is InChI=1S/C11H12ClF3N2O/c12-9-2-1-8(5-16-9)6-17-4-3-10(18,7-17)11(13,14)15/h1-2,5,18H,3-4,6-7H2. The summed E-state index contributed by atoms with van der Waals surface area (Å²) in [6.07, 6.45) is -3.36. The van der Waals surface area contributed by atoms with Gasteiger partial charge in [-0.2, -0.15) is 13.2 Å². The van der Waals surface area contributed by atoms with E-state index < -0.39 is 18.3 Å². The van der Waals surface area contributed by atoms with Crippen LogP contribution in [0, 0.1) is 0 Å². The molecule has 2 heterocycles. The summed E-state index contributed by atoms with van der Waals surface area (Å²) in [4.78, 5) is 5.41. The highest BCUT2D eigenvalue weighted by atomic mass is 35.5. The van der Waals surface area contributed by atoms with Gasteiger partial charge in [-0.25, -0.2) is 4.98 Å². The van der Waals surface area contributed by atoms with Gasteiger partial charge in [0.1, 0.15) is 5.15 Å². The average Bonchev–Trinajstić information content (AvgIpc) is 2.64. The SMILES string of the molecule is OC1(C(F)(F)F)CCN(Cc2ccc(Cl)nc2)C1. The first-order valence-electron chi connectivity index (χ1n) is 5.42. The minimum atomic E-state index is -4.58. The van der Waals surface area contributed by atoms with Crippen molar-refractivity contribution in [1.82, 2.24) is 9.88 Å². The Morgan fingerprint density at radius 2 is 2.17 bits per heavy atom. The second kappa shape index (κ2) is 4.68. The number of pyridine rings is 1. The van der Waals surface area contributed by atoms with Crippen LogP contribution in [0.25, 0.3) is 0 Å². The molecule has 0 bridgehead atoms. The molecule has 0 spiro atoms. The van der Waals surface area contributed by atoms with Crippen LogP contribution < -0.4 is 0 Å². The number of halogens is 4. The third-order valence-electron chi connectivity index (χ3n) is 3.05. The van der Waals surface area contributed by atoms with Crippen molar-refractivity contribution in [2.75, 3.05) is 13.1 Å². The fourth-order valence-electron chi connectivity index (χ4n) is 2.00. The summed E-state index contributed by atoms with van der Waals surface area (Å²) in [5.74, 6) is 0. The minimum absolute atomic E-state index is 0.207. The van der Waals surface area contributed by atoms with Gasteiger partial charge in [0.05, 0.1) is 0 Å². The maximum atomic E-state index is 12.6. The van der Waals surface area contributed by atoms with Crippen molar-refractivity contribution in [2.45, 2.75) is 24.7 Å². The van der Waals surface area contributed by atoms with Crippen LogP contribution >= 0.6 is 11.6 Å². The lowest BCUT2D eigenvalue weighted by Gasteiger charge is -2.26. The van der Waals surface area contributed by atoms with E-state index in [1.165, 1.54) is 6.20 Å². The van der Waals surface area contributed by atoms with E-state index in [1.54, 1.807) is 17.0 Å². The molecule has 0 aliphatic carbocycles. The van der Waals surface area contributed by atoms with Crippen LogP contribution in [0.3, 0.4) is 0 Å². The highest BCUT2D eigenvalue weighted by molar-refractivity contribution is 6.29. The number of aliphatic hydroxyl groups is 1. The van der Waals surface area contributed by atoms with Gasteiger partial charge in [-0.1, -0.05) is 17.7 Å². The molecule has 1 atom stereocenters. The van der Waals surface area contributed by atoms with Gasteiger partial charge >= 0.3 is 6.18 Å². The van der Waals surface area contributed by atoms with Crippen LogP contribution in [0.4, 0.5) is 13.2 Å². The van der Waals surface area contributed by atoms with E-state index in [-0.39, 0.29) is 13.0 Å². The first-order chi connectivity index (χ1) is 8.30. The Balaban J connectivity index is 2.00. The Labute approximate surface area is 107 Å². The molecule has 2 rings (SSSR count). The van der Waals surface area contributed by atoms with Crippen LogP contribution in [-0.4, -0.2) is 39.9 Å². The van der Waals surface area contributed by atoms with E-state index in [4.69, 9.17) is 11.6 Å². The van der Waals surface area contributed by atoms with Gasteiger partial charge in [0, 0.05) is 25.8 Å². The maximum absolute atomic E-state index is 12.6. The summed E-state index contributed by atoms with van der Waals surface area (Å²) in [5.41, 5.74) is -1.82. The molecular weight excluding hydrogens is 269 g/mol. The zero-order chi connectivity index (χ0) is 13.4. The zero-order valence-electron chi connectivity index (χ0n) is 9.41. The normalized spacial score (nSPS) is 25.6. The second-order valence-corrected chi connectivity index (χ2v) is 4.87. The van der Waals surface area contributed by atoms with Gasteiger partial charge < -0.3 is 5.11 Å². The first kappa shape index (κ1) is 13.6. The van der Waals surface area contributed by atoms with Gasteiger partial charge in [0.25, 0.3) is 0 Å². The Kier molecular flexibility index (Phi) is 3.53. The molecule has 1 unspecified atom stereocenters. The largest absolute Gasteiger partial charge is 0.418 e. The molecule has 1 fully saturated rings. The number of nitrogens with zero attached hydrogens (tertiary/aromatic N) is 2. The Morgan fingerprint density at radius 1 is 1.44 bits per heavy atom. The van der Waals surface area contributed by atoms with Crippen molar-refractivity contribution >= 4 is 11.6 Å². The fourth-order valence-corrected chi connectivity index (χ4v) is 2.11. The summed E-state index contributed by atoms with van der Waals surface area (Å²) in [6.45, 7) is 0.125. The van der Waals surface area contributed by atoms with Crippen molar-refractivity contribution in [3.8, 4) is 0 Å². The van der Waals surface area contributed by atoms with Crippen LogP contribution in [0.1, 0.15) is 12.0 Å². The van der Waals surface area contributed by atoms with Gasteiger partial charge in [0.15, 0.2) is 5.60 Å². The lowest BCUT2D eigenvalue weighted by Crippen LogP contribution is -2.47. The van der Waals surface area contributed by atoms with E-state index in [2.05, 4.69) is 4.98 Å².